The molecule has 0 bridgehead atoms. The lowest BCUT2D eigenvalue weighted by molar-refractivity contribution is -0.147. The topological polar surface area (TPSA) is 131 Å². The van der Waals surface area contributed by atoms with Gasteiger partial charge in [0.15, 0.2) is 5.82 Å². The van der Waals surface area contributed by atoms with E-state index in [0.717, 1.165) is 37.8 Å². The first-order valence-corrected chi connectivity index (χ1v) is 9.95. The van der Waals surface area contributed by atoms with E-state index in [1.807, 2.05) is 0 Å². The minimum absolute atomic E-state index is 0.127. The fraction of sp³-hybridized carbons (Fsp3) is 0.429. The highest BCUT2D eigenvalue weighted by Gasteiger charge is 2.22. The number of hydrogen-bond donors (Lipinski definition) is 3. The highest BCUT2D eigenvalue weighted by Crippen LogP contribution is 2.22. The Hall–Kier alpha value is -3.36. The molecule has 1 amide bonds. The largest absolute Gasteiger partial charge is 0.507 e. The number of nitrogens with zero attached hydrogens (tertiary/aromatic N) is 2. The van der Waals surface area contributed by atoms with Crippen LogP contribution in [0.15, 0.2) is 30.7 Å². The number of carboxylic acid groups (broad SMARTS) is 1. The Bertz CT molecular complexity index is 893. The summed E-state index contributed by atoms with van der Waals surface area (Å²) in [6, 6.07) is 2.87. The van der Waals surface area contributed by atoms with Gasteiger partial charge >= 0.3 is 11.9 Å². The third-order valence-electron chi connectivity index (χ3n) is 4.58. The van der Waals surface area contributed by atoms with E-state index < -0.39 is 17.9 Å². The van der Waals surface area contributed by atoms with Crippen molar-refractivity contribution in [3.05, 3.63) is 41.9 Å². The van der Waals surface area contributed by atoms with Crippen LogP contribution in [0.3, 0.4) is 0 Å². The molecule has 0 radical (unpaired) electrons. The molecule has 0 saturated heterocycles. The summed E-state index contributed by atoms with van der Waals surface area (Å²) in [4.78, 5) is 40.0. The number of esters is 1. The molecule has 2 rings (SSSR count). The number of carbonyl (C=O) groups is 3. The van der Waals surface area contributed by atoms with E-state index in [9.17, 15) is 19.5 Å². The van der Waals surface area contributed by atoms with Gasteiger partial charge in [-0.2, -0.15) is 0 Å². The van der Waals surface area contributed by atoms with Crippen molar-refractivity contribution in [3.8, 4) is 5.75 Å². The fourth-order valence-corrected chi connectivity index (χ4v) is 3.00. The summed E-state index contributed by atoms with van der Waals surface area (Å²) in [6.45, 7) is 4.11. The van der Waals surface area contributed by atoms with Gasteiger partial charge in [-0.1, -0.05) is 32.6 Å². The smallest absolute Gasteiger partial charge is 0.335 e. The first-order chi connectivity index (χ1) is 14.4. The summed E-state index contributed by atoms with van der Waals surface area (Å²) in [6.07, 6.45) is 7.56. The van der Waals surface area contributed by atoms with Gasteiger partial charge in [-0.15, -0.1) is 0 Å². The van der Waals surface area contributed by atoms with Crippen molar-refractivity contribution in [2.45, 2.75) is 52.0 Å². The van der Waals surface area contributed by atoms with Crippen LogP contribution in [-0.4, -0.2) is 44.2 Å². The molecular weight excluding hydrogens is 390 g/mol. The number of nitrogens with one attached hydrogen (secondary N) is 1. The molecule has 1 atom stereocenters. The zero-order chi connectivity index (χ0) is 22.1. The van der Waals surface area contributed by atoms with E-state index in [1.165, 1.54) is 18.6 Å². The van der Waals surface area contributed by atoms with E-state index in [-0.39, 0.29) is 35.3 Å². The minimum Gasteiger partial charge on any atom is -0.507 e. The lowest BCUT2D eigenvalue weighted by Gasteiger charge is -2.16. The summed E-state index contributed by atoms with van der Waals surface area (Å²) in [5.74, 6) is -2.47. The highest BCUT2D eigenvalue weighted by molar-refractivity contribution is 6.07. The Balaban J connectivity index is 2.14. The van der Waals surface area contributed by atoms with Crippen molar-refractivity contribution >= 4 is 23.7 Å². The number of carbonyl (C=O) groups excluding carboxylic acids is 2. The number of aromatic hydroxyl groups is 1. The molecule has 9 heteroatoms. The predicted molar refractivity (Wildman–Crippen MR) is 110 cm³/mol. The first kappa shape index (κ1) is 22.9. The van der Waals surface area contributed by atoms with Crippen molar-refractivity contribution in [2.24, 2.45) is 0 Å². The molecule has 0 aliphatic carbocycles. The summed E-state index contributed by atoms with van der Waals surface area (Å²) in [5, 5.41) is 21.5. The number of carboxylic acids is 1. The van der Waals surface area contributed by atoms with Crippen LogP contribution < -0.4 is 5.32 Å². The Morgan fingerprint density at radius 1 is 1.20 bits per heavy atom. The van der Waals surface area contributed by atoms with E-state index in [1.54, 1.807) is 11.5 Å². The maximum atomic E-state index is 12.5. The molecule has 162 valence electrons. The van der Waals surface area contributed by atoms with Gasteiger partial charge in [0, 0.05) is 6.20 Å². The second-order valence-electron chi connectivity index (χ2n) is 6.81. The molecule has 1 heterocycles. The molecule has 3 N–H and O–H groups in total. The Morgan fingerprint density at radius 2 is 1.97 bits per heavy atom. The summed E-state index contributed by atoms with van der Waals surface area (Å²) in [5.41, 5.74) is -0.316. The van der Waals surface area contributed by atoms with Gasteiger partial charge in [0.25, 0.3) is 5.91 Å². The average Bonchev–Trinajstić information content (AvgIpc) is 3.16. The van der Waals surface area contributed by atoms with E-state index in [2.05, 4.69) is 17.2 Å². The van der Waals surface area contributed by atoms with Gasteiger partial charge in [0.2, 0.25) is 0 Å². The van der Waals surface area contributed by atoms with Crippen molar-refractivity contribution in [1.29, 1.82) is 0 Å². The first-order valence-electron chi connectivity index (χ1n) is 9.95. The molecule has 30 heavy (non-hydrogen) atoms. The number of anilines is 1. The number of imidazole rings is 1. The van der Waals surface area contributed by atoms with Gasteiger partial charge in [-0.05, 0) is 31.5 Å². The van der Waals surface area contributed by atoms with E-state index in [0.29, 0.717) is 6.42 Å². The molecular formula is C21H27N3O6. The van der Waals surface area contributed by atoms with Gasteiger partial charge in [-0.3, -0.25) is 4.79 Å². The van der Waals surface area contributed by atoms with Crippen LogP contribution in [0.1, 0.15) is 72.7 Å². The molecule has 9 nitrogen and oxygen atoms in total. The van der Waals surface area contributed by atoms with Crippen molar-refractivity contribution in [2.75, 3.05) is 11.9 Å². The third-order valence-corrected chi connectivity index (χ3v) is 4.58. The van der Waals surface area contributed by atoms with E-state index in [4.69, 9.17) is 9.84 Å². The highest BCUT2D eigenvalue weighted by atomic mass is 16.5. The monoisotopic (exact) mass is 417 g/mol. The molecule has 0 aliphatic heterocycles. The number of hydrogen-bond acceptors (Lipinski definition) is 6. The van der Waals surface area contributed by atoms with Gasteiger partial charge in [0.1, 0.15) is 11.8 Å². The van der Waals surface area contributed by atoms with Crippen LogP contribution >= 0.6 is 0 Å². The SMILES string of the molecule is CCCCCCC(C(=O)OCC)n1cnc(NC(=O)c2cc(C(=O)O)ccc2O)c1. The summed E-state index contributed by atoms with van der Waals surface area (Å²) < 4.78 is 6.75. The summed E-state index contributed by atoms with van der Waals surface area (Å²) in [7, 11) is 0. The zero-order valence-corrected chi connectivity index (χ0v) is 17.1. The number of aromatic carboxylic acids is 1. The summed E-state index contributed by atoms with van der Waals surface area (Å²) >= 11 is 0. The molecule has 1 aromatic heterocycles. The molecule has 0 saturated carbocycles. The van der Waals surface area contributed by atoms with Crippen LogP contribution in [0.5, 0.6) is 5.75 Å². The number of phenols is 1. The molecule has 1 unspecified atom stereocenters. The number of amides is 1. The number of phenolic OH excluding ortho intramolecular Hbond substituents is 1. The quantitative estimate of drug-likeness (QED) is 0.376. The van der Waals surface area contributed by atoms with Crippen LogP contribution in [0.4, 0.5) is 5.82 Å². The predicted octanol–water partition coefficient (Wildman–Crippen LogP) is 3.61. The van der Waals surface area contributed by atoms with Gasteiger partial charge < -0.3 is 24.8 Å². The van der Waals surface area contributed by atoms with Crippen LogP contribution in [0.25, 0.3) is 0 Å². The third kappa shape index (κ3) is 6.07. The molecule has 0 fully saturated rings. The standard InChI is InChI=1S/C21H27N3O6/c1-3-5-6-7-8-16(21(29)30-4-2)24-12-18(22-13-24)23-19(26)15-11-14(20(27)28)9-10-17(15)25/h9-13,16,25H,3-8H2,1-2H3,(H,23,26)(H,27,28). The normalized spacial score (nSPS) is 11.7. The minimum atomic E-state index is -1.21. The fourth-order valence-electron chi connectivity index (χ4n) is 3.00. The second kappa shape index (κ2) is 11.0. The number of benzene rings is 1. The number of aromatic nitrogens is 2. The maximum Gasteiger partial charge on any atom is 0.335 e. The van der Waals surface area contributed by atoms with Crippen LogP contribution in [-0.2, 0) is 9.53 Å². The zero-order valence-electron chi connectivity index (χ0n) is 17.1. The Morgan fingerprint density at radius 3 is 2.63 bits per heavy atom. The molecule has 2 aromatic rings. The van der Waals surface area contributed by atoms with Crippen molar-refractivity contribution in [1.82, 2.24) is 9.55 Å². The molecule has 1 aromatic carbocycles. The molecule has 0 aliphatic rings. The average molecular weight is 417 g/mol. The van der Waals surface area contributed by atoms with Crippen LogP contribution in [0, 0.1) is 0 Å². The van der Waals surface area contributed by atoms with Crippen LogP contribution in [0.2, 0.25) is 0 Å². The van der Waals surface area contributed by atoms with Crippen molar-refractivity contribution < 1.29 is 29.3 Å². The van der Waals surface area contributed by atoms with Gasteiger partial charge in [0.05, 0.1) is 24.1 Å². The number of ether oxygens (including phenoxy) is 1. The van der Waals surface area contributed by atoms with E-state index >= 15 is 0 Å². The Kier molecular flexibility index (Phi) is 8.40. The van der Waals surface area contributed by atoms with Gasteiger partial charge in [-0.25, -0.2) is 14.6 Å². The molecule has 0 spiro atoms. The second-order valence-corrected chi connectivity index (χ2v) is 6.81. The maximum absolute atomic E-state index is 12.5. The number of unbranched alkanes of at least 4 members (excludes halogenated alkanes) is 3. The number of rotatable bonds is 11. The lowest BCUT2D eigenvalue weighted by atomic mass is 10.1. The lowest BCUT2D eigenvalue weighted by Crippen LogP contribution is -2.21. The van der Waals surface area contributed by atoms with Crippen molar-refractivity contribution in [3.63, 3.8) is 0 Å². The Labute approximate surface area is 174 Å².